The summed E-state index contributed by atoms with van der Waals surface area (Å²) in [5.41, 5.74) is -0.207. The van der Waals surface area contributed by atoms with Crippen molar-refractivity contribution in [2.24, 2.45) is 0 Å². The lowest BCUT2D eigenvalue weighted by molar-refractivity contribution is 0.199. The van der Waals surface area contributed by atoms with E-state index < -0.39 is 0 Å². The summed E-state index contributed by atoms with van der Waals surface area (Å²) in [6.45, 7) is 2.86. The minimum absolute atomic E-state index is 0.207. The van der Waals surface area contributed by atoms with Gasteiger partial charge in [0.2, 0.25) is 0 Å². The summed E-state index contributed by atoms with van der Waals surface area (Å²) in [6.07, 6.45) is 3.23. The van der Waals surface area contributed by atoms with E-state index in [4.69, 9.17) is 4.74 Å². The topological polar surface area (TPSA) is 56.1 Å². The molecule has 1 rings (SSSR count). The number of aromatic nitrogens is 2. The largest absolute Gasteiger partial charge is 0.383 e. The molecule has 0 unspecified atom stereocenters. The number of methoxy groups -OCH3 is 1. The second-order valence-electron chi connectivity index (χ2n) is 2.84. The third-order valence-electron chi connectivity index (χ3n) is 1.80. The Morgan fingerprint density at radius 3 is 3.14 bits per heavy atom. The Labute approximate surface area is 82.7 Å². The van der Waals surface area contributed by atoms with Gasteiger partial charge in [-0.2, -0.15) is 0 Å². The Balaban J connectivity index is 2.25. The molecule has 1 heterocycles. The number of rotatable bonds is 6. The zero-order valence-corrected chi connectivity index (χ0v) is 8.27. The van der Waals surface area contributed by atoms with Crippen LogP contribution in [0, 0.1) is 0 Å². The maximum Gasteiger partial charge on any atom is 0.347 e. The van der Waals surface area contributed by atoms with Crippen LogP contribution in [0.4, 0.5) is 0 Å². The van der Waals surface area contributed by atoms with Crippen LogP contribution in [0.1, 0.15) is 0 Å². The van der Waals surface area contributed by atoms with Gasteiger partial charge in [-0.25, -0.2) is 9.78 Å². The Kier molecular flexibility index (Phi) is 4.88. The second-order valence-corrected chi connectivity index (χ2v) is 2.84. The molecule has 1 N–H and O–H groups in total. The molecule has 0 amide bonds. The summed E-state index contributed by atoms with van der Waals surface area (Å²) in [7, 11) is 1.66. The molecule has 0 spiro atoms. The van der Waals surface area contributed by atoms with Crippen LogP contribution in [-0.4, -0.2) is 36.4 Å². The highest BCUT2D eigenvalue weighted by atomic mass is 16.5. The van der Waals surface area contributed by atoms with E-state index in [2.05, 4.69) is 10.3 Å². The zero-order chi connectivity index (χ0) is 10.2. The molecular weight excluding hydrogens is 182 g/mol. The fraction of sp³-hybridized carbons (Fsp3) is 0.556. The lowest BCUT2D eigenvalue weighted by Gasteiger charge is -2.05. The molecule has 0 saturated heterocycles. The monoisotopic (exact) mass is 197 g/mol. The number of hydrogen-bond donors (Lipinski definition) is 1. The van der Waals surface area contributed by atoms with E-state index in [-0.39, 0.29) is 5.69 Å². The fourth-order valence-corrected chi connectivity index (χ4v) is 1.06. The molecule has 78 valence electrons. The van der Waals surface area contributed by atoms with Crippen LogP contribution in [0.5, 0.6) is 0 Å². The van der Waals surface area contributed by atoms with Gasteiger partial charge in [0.05, 0.1) is 6.61 Å². The highest BCUT2D eigenvalue weighted by molar-refractivity contribution is 4.80. The minimum atomic E-state index is -0.207. The van der Waals surface area contributed by atoms with Crippen LogP contribution in [0.3, 0.4) is 0 Å². The zero-order valence-electron chi connectivity index (χ0n) is 8.27. The fourth-order valence-electron chi connectivity index (χ4n) is 1.06. The van der Waals surface area contributed by atoms with Crippen molar-refractivity contribution in [3.63, 3.8) is 0 Å². The van der Waals surface area contributed by atoms with Gasteiger partial charge in [-0.3, -0.25) is 4.57 Å². The van der Waals surface area contributed by atoms with Crippen molar-refractivity contribution in [2.75, 3.05) is 26.8 Å². The summed E-state index contributed by atoms with van der Waals surface area (Å²) < 4.78 is 6.44. The highest BCUT2D eigenvalue weighted by Gasteiger charge is 1.93. The van der Waals surface area contributed by atoms with Crippen LogP contribution >= 0.6 is 0 Å². The standard InChI is InChI=1S/C9H15N3O2/c1-14-8-5-10-4-7-12-6-2-3-11-9(12)13/h2-3,6,10H,4-5,7-8H2,1H3. The Morgan fingerprint density at radius 2 is 2.43 bits per heavy atom. The molecule has 0 atom stereocenters. The summed E-state index contributed by atoms with van der Waals surface area (Å²) in [4.78, 5) is 14.8. The van der Waals surface area contributed by atoms with E-state index in [1.165, 1.54) is 6.20 Å². The predicted molar refractivity (Wildman–Crippen MR) is 53.2 cm³/mol. The van der Waals surface area contributed by atoms with Crippen LogP contribution < -0.4 is 11.0 Å². The number of nitrogens with one attached hydrogen (secondary N) is 1. The van der Waals surface area contributed by atoms with Crippen molar-refractivity contribution < 1.29 is 4.74 Å². The van der Waals surface area contributed by atoms with Crippen molar-refractivity contribution in [3.05, 3.63) is 28.9 Å². The minimum Gasteiger partial charge on any atom is -0.383 e. The van der Waals surface area contributed by atoms with Gasteiger partial charge in [0.25, 0.3) is 0 Å². The van der Waals surface area contributed by atoms with E-state index >= 15 is 0 Å². The molecule has 0 fully saturated rings. The molecule has 1 aromatic heterocycles. The molecule has 0 saturated carbocycles. The first-order valence-corrected chi connectivity index (χ1v) is 4.55. The van der Waals surface area contributed by atoms with Gasteiger partial charge in [0, 0.05) is 39.1 Å². The van der Waals surface area contributed by atoms with Crippen molar-refractivity contribution in [1.82, 2.24) is 14.9 Å². The molecule has 1 aromatic rings. The van der Waals surface area contributed by atoms with Gasteiger partial charge in [0.1, 0.15) is 0 Å². The van der Waals surface area contributed by atoms with Crippen molar-refractivity contribution in [1.29, 1.82) is 0 Å². The van der Waals surface area contributed by atoms with E-state index in [9.17, 15) is 4.79 Å². The van der Waals surface area contributed by atoms with Crippen molar-refractivity contribution >= 4 is 0 Å². The molecule has 0 aliphatic heterocycles. The summed E-state index contributed by atoms with van der Waals surface area (Å²) in [5.74, 6) is 0. The van der Waals surface area contributed by atoms with Gasteiger partial charge >= 0.3 is 5.69 Å². The summed E-state index contributed by atoms with van der Waals surface area (Å²) >= 11 is 0. The van der Waals surface area contributed by atoms with Gasteiger partial charge < -0.3 is 10.1 Å². The molecular formula is C9H15N3O2. The average molecular weight is 197 g/mol. The van der Waals surface area contributed by atoms with Crippen molar-refractivity contribution in [3.8, 4) is 0 Å². The molecule has 0 aromatic carbocycles. The summed E-state index contributed by atoms with van der Waals surface area (Å²) in [6, 6.07) is 1.75. The molecule has 5 nitrogen and oxygen atoms in total. The van der Waals surface area contributed by atoms with Crippen LogP contribution in [0.25, 0.3) is 0 Å². The lowest BCUT2D eigenvalue weighted by Crippen LogP contribution is -2.29. The second kappa shape index (κ2) is 6.28. The van der Waals surface area contributed by atoms with E-state index in [0.29, 0.717) is 13.2 Å². The van der Waals surface area contributed by atoms with Crippen molar-refractivity contribution in [2.45, 2.75) is 6.54 Å². The van der Waals surface area contributed by atoms with Crippen LogP contribution in [-0.2, 0) is 11.3 Å². The van der Waals surface area contributed by atoms with Gasteiger partial charge in [0.15, 0.2) is 0 Å². The number of hydrogen-bond acceptors (Lipinski definition) is 4. The lowest BCUT2D eigenvalue weighted by atomic mass is 10.5. The van der Waals surface area contributed by atoms with E-state index in [1.54, 1.807) is 23.9 Å². The Morgan fingerprint density at radius 1 is 1.57 bits per heavy atom. The SMILES string of the molecule is COCCNCCn1cccnc1=O. The molecule has 0 bridgehead atoms. The molecule has 0 radical (unpaired) electrons. The maximum absolute atomic E-state index is 11.1. The highest BCUT2D eigenvalue weighted by Crippen LogP contribution is 1.77. The summed E-state index contributed by atoms with van der Waals surface area (Å²) in [5, 5.41) is 3.15. The number of nitrogens with zero attached hydrogens (tertiary/aromatic N) is 2. The Bertz CT molecular complexity index is 311. The number of ether oxygens (including phenoxy) is 1. The smallest absolute Gasteiger partial charge is 0.347 e. The third-order valence-corrected chi connectivity index (χ3v) is 1.80. The van der Waals surface area contributed by atoms with Gasteiger partial charge in [-0.15, -0.1) is 0 Å². The third kappa shape index (κ3) is 3.68. The molecule has 5 heteroatoms. The molecule has 0 aliphatic carbocycles. The average Bonchev–Trinajstić information content (AvgIpc) is 2.20. The molecule has 0 aliphatic rings. The van der Waals surface area contributed by atoms with Gasteiger partial charge in [-0.05, 0) is 6.07 Å². The molecule has 14 heavy (non-hydrogen) atoms. The Hall–Kier alpha value is -1.20. The first-order chi connectivity index (χ1) is 6.84. The first-order valence-electron chi connectivity index (χ1n) is 4.55. The van der Waals surface area contributed by atoms with E-state index in [0.717, 1.165) is 13.1 Å². The predicted octanol–water partition coefficient (Wildman–Crippen LogP) is -0.521. The van der Waals surface area contributed by atoms with Gasteiger partial charge in [-0.1, -0.05) is 0 Å². The normalized spacial score (nSPS) is 10.4. The van der Waals surface area contributed by atoms with Crippen LogP contribution in [0.2, 0.25) is 0 Å². The quantitative estimate of drug-likeness (QED) is 0.623. The van der Waals surface area contributed by atoms with E-state index in [1.807, 2.05) is 0 Å². The first kappa shape index (κ1) is 10.9. The maximum atomic E-state index is 11.1. The van der Waals surface area contributed by atoms with Crippen LogP contribution in [0.15, 0.2) is 23.3 Å².